The molecule has 1 aromatic carbocycles. The maximum Gasteiger partial charge on any atom is 0.254 e. The maximum atomic E-state index is 12.3. The molecule has 1 saturated carbocycles. The van der Waals surface area contributed by atoms with Crippen molar-refractivity contribution in [2.24, 2.45) is 11.8 Å². The van der Waals surface area contributed by atoms with Gasteiger partial charge in [0.1, 0.15) is 0 Å². The van der Waals surface area contributed by atoms with Crippen LogP contribution >= 0.6 is 38.5 Å². The van der Waals surface area contributed by atoms with E-state index in [1.807, 2.05) is 30.1 Å². The van der Waals surface area contributed by atoms with Crippen molar-refractivity contribution in [3.05, 3.63) is 31.8 Å². The van der Waals surface area contributed by atoms with Crippen LogP contribution in [-0.2, 0) is 0 Å². The molecule has 2 unspecified atom stereocenters. The monoisotopic (exact) mass is 407 g/mol. The molecule has 0 saturated heterocycles. The number of hydrogen-bond donors (Lipinski definition) is 0. The third-order valence-electron chi connectivity index (χ3n) is 3.29. The first kappa shape index (κ1) is 13.3. The first-order valence-corrected chi connectivity index (χ1v) is 7.56. The average Bonchev–Trinajstić information content (AvgIpc) is 2.96. The van der Waals surface area contributed by atoms with Gasteiger partial charge in [0.25, 0.3) is 5.91 Å². The van der Waals surface area contributed by atoms with E-state index in [2.05, 4.69) is 45.4 Å². The minimum atomic E-state index is 0.106. The highest BCUT2D eigenvalue weighted by molar-refractivity contribution is 14.1. The van der Waals surface area contributed by atoms with Crippen molar-refractivity contribution in [2.45, 2.75) is 13.3 Å². The van der Waals surface area contributed by atoms with E-state index in [-0.39, 0.29) is 5.91 Å². The molecule has 1 aliphatic rings. The summed E-state index contributed by atoms with van der Waals surface area (Å²) >= 11 is 5.67. The Morgan fingerprint density at radius 3 is 2.82 bits per heavy atom. The van der Waals surface area contributed by atoms with Gasteiger partial charge >= 0.3 is 0 Å². The first-order chi connectivity index (χ1) is 7.99. The van der Waals surface area contributed by atoms with Gasteiger partial charge in [-0.15, -0.1) is 0 Å². The summed E-state index contributed by atoms with van der Waals surface area (Å²) in [4.78, 5) is 14.1. The zero-order valence-corrected chi connectivity index (χ0v) is 13.7. The van der Waals surface area contributed by atoms with Crippen molar-refractivity contribution in [3.8, 4) is 0 Å². The van der Waals surface area contributed by atoms with Gasteiger partial charge in [0.2, 0.25) is 0 Å². The number of carbonyl (C=O) groups is 1. The van der Waals surface area contributed by atoms with Crippen LogP contribution in [0.1, 0.15) is 23.7 Å². The van der Waals surface area contributed by atoms with Gasteiger partial charge < -0.3 is 4.90 Å². The van der Waals surface area contributed by atoms with Crippen molar-refractivity contribution in [1.82, 2.24) is 4.90 Å². The molecule has 2 atom stereocenters. The Bertz CT molecular complexity index is 449. The van der Waals surface area contributed by atoms with Crippen LogP contribution in [0, 0.1) is 15.4 Å². The molecule has 1 amide bonds. The van der Waals surface area contributed by atoms with Crippen molar-refractivity contribution in [1.29, 1.82) is 0 Å². The van der Waals surface area contributed by atoms with E-state index in [9.17, 15) is 4.79 Å². The third-order valence-corrected chi connectivity index (χ3v) is 4.65. The molecule has 0 bridgehead atoms. The first-order valence-electron chi connectivity index (χ1n) is 5.69. The predicted molar refractivity (Wildman–Crippen MR) is 81.1 cm³/mol. The summed E-state index contributed by atoms with van der Waals surface area (Å²) in [5.41, 5.74) is 0.757. The zero-order chi connectivity index (χ0) is 12.6. The summed E-state index contributed by atoms with van der Waals surface area (Å²) < 4.78 is 1.96. The van der Waals surface area contributed by atoms with Gasteiger partial charge in [-0.2, -0.15) is 0 Å². The second-order valence-electron chi connectivity index (χ2n) is 4.78. The second kappa shape index (κ2) is 5.26. The molecule has 1 aromatic rings. The molecule has 0 radical (unpaired) electrons. The third kappa shape index (κ3) is 3.22. The lowest BCUT2D eigenvalue weighted by atomic mass is 10.2. The van der Waals surface area contributed by atoms with Crippen LogP contribution in [0.15, 0.2) is 22.7 Å². The molecular formula is C13H15BrINO. The van der Waals surface area contributed by atoms with E-state index in [4.69, 9.17) is 0 Å². The number of amides is 1. The van der Waals surface area contributed by atoms with Gasteiger partial charge in [-0.25, -0.2) is 0 Å². The SMILES string of the molecule is CC1CC1CN(C)C(=O)c1cc(I)ccc1Br. The molecule has 1 aliphatic carbocycles. The quantitative estimate of drug-likeness (QED) is 0.698. The van der Waals surface area contributed by atoms with Crippen molar-refractivity contribution >= 4 is 44.4 Å². The van der Waals surface area contributed by atoms with Gasteiger partial charge in [-0.3, -0.25) is 4.79 Å². The molecule has 92 valence electrons. The van der Waals surface area contributed by atoms with Gasteiger partial charge in [0.05, 0.1) is 5.56 Å². The van der Waals surface area contributed by atoms with Crippen LogP contribution in [0.3, 0.4) is 0 Å². The summed E-state index contributed by atoms with van der Waals surface area (Å²) in [6.45, 7) is 3.11. The highest BCUT2D eigenvalue weighted by Gasteiger charge is 2.34. The van der Waals surface area contributed by atoms with E-state index in [0.29, 0.717) is 5.92 Å². The fourth-order valence-electron chi connectivity index (χ4n) is 1.96. The molecule has 0 aliphatic heterocycles. The predicted octanol–water partition coefficient (Wildman–Crippen LogP) is 3.78. The molecule has 2 nitrogen and oxygen atoms in total. The minimum absolute atomic E-state index is 0.106. The number of rotatable bonds is 3. The van der Waals surface area contributed by atoms with Gasteiger partial charge in [0, 0.05) is 21.6 Å². The second-order valence-corrected chi connectivity index (χ2v) is 6.88. The number of halogens is 2. The summed E-state index contributed by atoms with van der Waals surface area (Å²) in [5, 5.41) is 0. The molecule has 17 heavy (non-hydrogen) atoms. The topological polar surface area (TPSA) is 20.3 Å². The molecule has 0 aromatic heterocycles. The van der Waals surface area contributed by atoms with Crippen LogP contribution in [0.2, 0.25) is 0 Å². The Kier molecular flexibility index (Phi) is 4.13. The molecular weight excluding hydrogens is 393 g/mol. The van der Waals surface area contributed by atoms with Crippen LogP contribution in [-0.4, -0.2) is 24.4 Å². The Morgan fingerprint density at radius 2 is 2.24 bits per heavy atom. The molecule has 0 spiro atoms. The van der Waals surface area contributed by atoms with E-state index in [0.717, 1.165) is 26.1 Å². The Hall–Kier alpha value is -0.100. The highest BCUT2D eigenvalue weighted by atomic mass is 127. The minimum Gasteiger partial charge on any atom is -0.341 e. The number of nitrogens with zero attached hydrogens (tertiary/aromatic N) is 1. The van der Waals surface area contributed by atoms with E-state index >= 15 is 0 Å². The fraction of sp³-hybridized carbons (Fsp3) is 0.462. The normalized spacial score (nSPS) is 22.4. The van der Waals surface area contributed by atoms with E-state index < -0.39 is 0 Å². The van der Waals surface area contributed by atoms with Gasteiger partial charge in [-0.1, -0.05) is 6.92 Å². The summed E-state index contributed by atoms with van der Waals surface area (Å²) in [6, 6.07) is 5.85. The van der Waals surface area contributed by atoms with E-state index in [1.54, 1.807) is 0 Å². The van der Waals surface area contributed by atoms with Crippen LogP contribution < -0.4 is 0 Å². The Labute approximate surface area is 124 Å². The molecule has 2 rings (SSSR count). The fourth-order valence-corrected chi connectivity index (χ4v) is 2.86. The van der Waals surface area contributed by atoms with E-state index in [1.165, 1.54) is 6.42 Å². The summed E-state index contributed by atoms with van der Waals surface area (Å²) in [5.74, 6) is 1.59. The van der Waals surface area contributed by atoms with Crippen LogP contribution in [0.25, 0.3) is 0 Å². The van der Waals surface area contributed by atoms with Gasteiger partial charge in [-0.05, 0) is 75.0 Å². The van der Waals surface area contributed by atoms with Crippen LogP contribution in [0.5, 0.6) is 0 Å². The van der Waals surface area contributed by atoms with Crippen molar-refractivity contribution in [3.63, 3.8) is 0 Å². The lowest BCUT2D eigenvalue weighted by Gasteiger charge is -2.18. The molecule has 0 heterocycles. The van der Waals surface area contributed by atoms with Gasteiger partial charge in [0.15, 0.2) is 0 Å². The zero-order valence-electron chi connectivity index (χ0n) is 9.91. The average molecular weight is 408 g/mol. The number of hydrogen-bond acceptors (Lipinski definition) is 1. The molecule has 4 heteroatoms. The Morgan fingerprint density at radius 1 is 1.59 bits per heavy atom. The van der Waals surface area contributed by atoms with Crippen LogP contribution in [0.4, 0.5) is 0 Å². The van der Waals surface area contributed by atoms with Crippen molar-refractivity contribution in [2.75, 3.05) is 13.6 Å². The summed E-state index contributed by atoms with van der Waals surface area (Å²) in [7, 11) is 1.89. The lowest BCUT2D eigenvalue weighted by molar-refractivity contribution is 0.0786. The molecule has 1 fully saturated rings. The summed E-state index contributed by atoms with van der Waals surface area (Å²) in [6.07, 6.45) is 1.26. The molecule has 0 N–H and O–H groups in total. The maximum absolute atomic E-state index is 12.3. The highest BCUT2D eigenvalue weighted by Crippen LogP contribution is 2.38. The number of benzene rings is 1. The van der Waals surface area contributed by atoms with Crippen molar-refractivity contribution < 1.29 is 4.79 Å². The standard InChI is InChI=1S/C13H15BrINO/c1-8-5-9(8)7-16(2)13(17)11-6-10(15)3-4-12(11)14/h3-4,6,8-9H,5,7H2,1-2H3. The number of carbonyl (C=O) groups excluding carboxylic acids is 1. The smallest absolute Gasteiger partial charge is 0.254 e. The Balaban J connectivity index is 2.10. The lowest BCUT2D eigenvalue weighted by Crippen LogP contribution is -2.29. The largest absolute Gasteiger partial charge is 0.341 e.